The molecule has 0 atom stereocenters. The highest BCUT2D eigenvalue weighted by molar-refractivity contribution is 5.90. The van der Waals surface area contributed by atoms with Crippen molar-refractivity contribution < 1.29 is 13.9 Å². The monoisotopic (exact) mass is 435 g/mol. The van der Waals surface area contributed by atoms with E-state index >= 15 is 0 Å². The Bertz CT molecular complexity index is 1300. The number of rotatable bonds is 6. The minimum absolute atomic E-state index is 0.0471. The molecule has 9 nitrogen and oxygen atoms in total. The Morgan fingerprint density at radius 3 is 2.78 bits per heavy atom. The summed E-state index contributed by atoms with van der Waals surface area (Å²) >= 11 is 0. The first-order valence-corrected chi connectivity index (χ1v) is 10.1. The lowest BCUT2D eigenvalue weighted by Crippen LogP contribution is -2.47. The fourth-order valence-corrected chi connectivity index (χ4v) is 3.72. The number of aromatic nitrogens is 5. The fraction of sp³-hybridized carbons (Fsp3) is 0.273. The summed E-state index contributed by atoms with van der Waals surface area (Å²) in [4.78, 5) is 13.2. The van der Waals surface area contributed by atoms with Gasteiger partial charge in [0.2, 0.25) is 5.95 Å². The molecule has 5 rings (SSSR count). The van der Waals surface area contributed by atoms with Crippen LogP contribution in [0.4, 0.5) is 21.8 Å². The van der Waals surface area contributed by atoms with E-state index in [-0.39, 0.29) is 31.4 Å². The topological polar surface area (TPSA) is 113 Å². The standard InChI is InChI=1S/C22H22FN7O2/c1-30-10-14(9-26-30)13-3-4-16(18(7-13)31-2)27-21-28-17(8-22(23)11-32-12-22)15-5-6-25-20(24)19(15)29-21/h3-7,9-10H,8,11-12H2,1-2H3,(H2,24,25)(H,27,28,29). The lowest BCUT2D eigenvalue weighted by Gasteiger charge is -2.33. The Kier molecular flexibility index (Phi) is 4.86. The van der Waals surface area contributed by atoms with Crippen molar-refractivity contribution in [2.75, 3.05) is 31.4 Å². The lowest BCUT2D eigenvalue weighted by molar-refractivity contribution is -0.129. The van der Waals surface area contributed by atoms with Crippen LogP contribution in [0.25, 0.3) is 22.0 Å². The van der Waals surface area contributed by atoms with E-state index in [1.54, 1.807) is 30.3 Å². The average Bonchev–Trinajstić information content (AvgIpc) is 3.20. The number of nitrogens with zero attached hydrogens (tertiary/aromatic N) is 5. The number of methoxy groups -OCH3 is 1. The number of nitrogens with two attached hydrogens (primary N) is 1. The molecule has 164 valence electrons. The maximum atomic E-state index is 14.8. The van der Waals surface area contributed by atoms with Crippen molar-refractivity contribution in [3.05, 3.63) is 48.5 Å². The van der Waals surface area contributed by atoms with Gasteiger partial charge in [0.1, 0.15) is 17.1 Å². The second-order valence-corrected chi connectivity index (χ2v) is 7.85. The van der Waals surface area contributed by atoms with Crippen molar-refractivity contribution in [3.63, 3.8) is 0 Å². The van der Waals surface area contributed by atoms with E-state index in [1.165, 1.54) is 0 Å². The van der Waals surface area contributed by atoms with Crippen molar-refractivity contribution in [3.8, 4) is 16.9 Å². The summed E-state index contributed by atoms with van der Waals surface area (Å²) in [6.07, 6.45) is 5.38. The van der Waals surface area contributed by atoms with E-state index in [0.29, 0.717) is 28.0 Å². The van der Waals surface area contributed by atoms with Gasteiger partial charge in [0, 0.05) is 36.8 Å². The van der Waals surface area contributed by atoms with Gasteiger partial charge in [-0.25, -0.2) is 19.3 Å². The van der Waals surface area contributed by atoms with Crippen LogP contribution in [0.5, 0.6) is 5.75 Å². The highest BCUT2D eigenvalue weighted by atomic mass is 19.1. The zero-order valence-electron chi connectivity index (χ0n) is 17.7. The summed E-state index contributed by atoms with van der Waals surface area (Å²) in [5.41, 5.74) is 8.21. The molecule has 0 spiro atoms. The molecule has 4 heterocycles. The Labute approximate surface area is 183 Å². The minimum Gasteiger partial charge on any atom is -0.495 e. The number of anilines is 3. The van der Waals surface area contributed by atoms with E-state index in [0.717, 1.165) is 11.1 Å². The van der Waals surface area contributed by atoms with Crippen LogP contribution in [-0.2, 0) is 18.2 Å². The molecule has 0 bridgehead atoms. The number of hydrogen-bond donors (Lipinski definition) is 2. The summed E-state index contributed by atoms with van der Waals surface area (Å²) in [5, 5.41) is 8.07. The first-order chi connectivity index (χ1) is 15.4. The van der Waals surface area contributed by atoms with Crippen LogP contribution in [0.1, 0.15) is 5.69 Å². The van der Waals surface area contributed by atoms with Crippen LogP contribution >= 0.6 is 0 Å². The number of alkyl halides is 1. The molecule has 1 aliphatic rings. The van der Waals surface area contributed by atoms with Gasteiger partial charge in [0.25, 0.3) is 0 Å². The van der Waals surface area contributed by atoms with Crippen LogP contribution in [0.3, 0.4) is 0 Å². The van der Waals surface area contributed by atoms with Gasteiger partial charge >= 0.3 is 0 Å². The lowest BCUT2D eigenvalue weighted by atomic mass is 9.96. The zero-order chi connectivity index (χ0) is 22.3. The summed E-state index contributed by atoms with van der Waals surface area (Å²) in [5.74, 6) is 1.14. The first-order valence-electron chi connectivity index (χ1n) is 10.1. The van der Waals surface area contributed by atoms with Gasteiger partial charge in [-0.3, -0.25) is 4.68 Å². The van der Waals surface area contributed by atoms with Crippen LogP contribution in [-0.4, -0.2) is 50.7 Å². The summed E-state index contributed by atoms with van der Waals surface area (Å²) < 4.78 is 27.2. The van der Waals surface area contributed by atoms with E-state index in [4.69, 9.17) is 15.2 Å². The van der Waals surface area contributed by atoms with Crippen LogP contribution < -0.4 is 15.8 Å². The van der Waals surface area contributed by atoms with Gasteiger partial charge < -0.3 is 20.5 Å². The Balaban J connectivity index is 1.53. The Hall–Kier alpha value is -3.79. The average molecular weight is 435 g/mol. The number of halogens is 1. The Morgan fingerprint density at radius 1 is 1.25 bits per heavy atom. The number of aryl methyl sites for hydroxylation is 1. The molecule has 0 aliphatic carbocycles. The molecule has 3 N–H and O–H groups in total. The molecule has 4 aromatic rings. The number of benzene rings is 1. The van der Waals surface area contributed by atoms with Gasteiger partial charge in [-0.05, 0) is 23.8 Å². The minimum atomic E-state index is -1.44. The first kappa shape index (κ1) is 20.1. The molecule has 0 saturated carbocycles. The van der Waals surface area contributed by atoms with Crippen LogP contribution in [0.2, 0.25) is 0 Å². The predicted molar refractivity (Wildman–Crippen MR) is 119 cm³/mol. The fourth-order valence-electron chi connectivity index (χ4n) is 3.72. The molecular weight excluding hydrogens is 413 g/mol. The molecule has 32 heavy (non-hydrogen) atoms. The zero-order valence-corrected chi connectivity index (χ0v) is 17.7. The second kappa shape index (κ2) is 7.72. The highest BCUT2D eigenvalue weighted by Gasteiger charge is 2.40. The van der Waals surface area contributed by atoms with E-state index < -0.39 is 5.67 Å². The quantitative estimate of drug-likeness (QED) is 0.475. The van der Waals surface area contributed by atoms with Crippen molar-refractivity contribution in [2.45, 2.75) is 12.1 Å². The molecule has 3 aromatic heterocycles. The maximum absolute atomic E-state index is 14.8. The molecule has 0 radical (unpaired) electrons. The van der Waals surface area contributed by atoms with E-state index in [2.05, 4.69) is 25.4 Å². The molecule has 1 fully saturated rings. The molecule has 0 amide bonds. The normalized spacial score (nSPS) is 14.8. The van der Waals surface area contributed by atoms with Gasteiger partial charge in [0.15, 0.2) is 5.67 Å². The number of pyridine rings is 1. The molecule has 1 saturated heterocycles. The third-order valence-corrected chi connectivity index (χ3v) is 5.41. The van der Waals surface area contributed by atoms with Gasteiger partial charge in [-0.2, -0.15) is 5.10 Å². The third-order valence-electron chi connectivity index (χ3n) is 5.41. The van der Waals surface area contributed by atoms with E-state index in [9.17, 15) is 4.39 Å². The number of nitrogens with one attached hydrogen (secondary N) is 1. The number of nitrogen functional groups attached to an aromatic ring is 1. The van der Waals surface area contributed by atoms with E-state index in [1.807, 2.05) is 31.4 Å². The predicted octanol–water partition coefficient (Wildman–Crippen LogP) is 3.04. The highest BCUT2D eigenvalue weighted by Crippen LogP contribution is 2.34. The largest absolute Gasteiger partial charge is 0.495 e. The van der Waals surface area contributed by atoms with Crippen molar-refractivity contribution in [1.29, 1.82) is 0 Å². The Morgan fingerprint density at radius 2 is 2.09 bits per heavy atom. The molecule has 10 heteroatoms. The SMILES string of the molecule is COc1cc(-c2cnn(C)c2)ccc1Nc1nc(CC2(F)COC2)c2ccnc(N)c2n1. The number of hydrogen-bond acceptors (Lipinski definition) is 8. The third kappa shape index (κ3) is 3.69. The smallest absolute Gasteiger partial charge is 0.228 e. The summed E-state index contributed by atoms with van der Waals surface area (Å²) in [6.45, 7) is 0.0942. The van der Waals surface area contributed by atoms with Crippen molar-refractivity contribution in [2.24, 2.45) is 7.05 Å². The van der Waals surface area contributed by atoms with Crippen LogP contribution in [0, 0.1) is 0 Å². The maximum Gasteiger partial charge on any atom is 0.228 e. The molecule has 1 aromatic carbocycles. The molecule has 1 aliphatic heterocycles. The second-order valence-electron chi connectivity index (χ2n) is 7.85. The van der Waals surface area contributed by atoms with Gasteiger partial charge in [0.05, 0.1) is 37.9 Å². The van der Waals surface area contributed by atoms with Crippen LogP contribution in [0.15, 0.2) is 42.9 Å². The number of fused-ring (bicyclic) bond motifs is 1. The summed E-state index contributed by atoms with van der Waals surface area (Å²) in [7, 11) is 3.45. The van der Waals surface area contributed by atoms with Gasteiger partial charge in [-0.15, -0.1) is 0 Å². The molecular formula is C22H22FN7O2. The van der Waals surface area contributed by atoms with Crippen molar-refractivity contribution in [1.82, 2.24) is 24.7 Å². The van der Waals surface area contributed by atoms with Gasteiger partial charge in [-0.1, -0.05) is 6.07 Å². The summed E-state index contributed by atoms with van der Waals surface area (Å²) in [6, 6.07) is 7.47. The molecule has 0 unspecified atom stereocenters. The van der Waals surface area contributed by atoms with Crippen molar-refractivity contribution >= 4 is 28.4 Å². The number of ether oxygens (including phenoxy) is 2.